The van der Waals surface area contributed by atoms with Crippen LogP contribution in [0.2, 0.25) is 0 Å². The van der Waals surface area contributed by atoms with Crippen molar-refractivity contribution in [3.63, 3.8) is 0 Å². The number of nitrogens with one attached hydrogen (secondary N) is 1. The molecule has 3 rings (SSSR count). The van der Waals surface area contributed by atoms with Crippen molar-refractivity contribution >= 4 is 43.5 Å². The summed E-state index contributed by atoms with van der Waals surface area (Å²) in [5.74, 6) is -0.383. The smallest absolute Gasteiger partial charge is 0.244 e. The summed E-state index contributed by atoms with van der Waals surface area (Å²) in [4.78, 5) is 28.4. The molecule has 0 radical (unpaired) electrons. The van der Waals surface area contributed by atoms with Crippen molar-refractivity contribution in [2.45, 2.75) is 64.6 Å². The number of rotatable bonds is 10. The standard InChI is InChI=1S/C27H36BrN3O5S/c1-19-10-15-25(36-3)24(16-19)31(37(4,34)35)18-26(32)30(17-21-11-13-22(28)14-12-21)20(2)27(33)29-23-8-6-5-7-9-23/h10-16,20,23H,5-9,17-18H2,1-4H3,(H,29,33). The highest BCUT2D eigenvalue weighted by molar-refractivity contribution is 9.10. The van der Waals surface area contributed by atoms with E-state index in [0.29, 0.717) is 5.75 Å². The molecule has 0 spiro atoms. The zero-order valence-corrected chi connectivity index (χ0v) is 24.3. The average Bonchev–Trinajstić information content (AvgIpc) is 2.86. The molecule has 1 atom stereocenters. The number of anilines is 1. The number of sulfonamides is 1. The zero-order valence-electron chi connectivity index (χ0n) is 21.9. The number of hydrogen-bond donors (Lipinski definition) is 1. The summed E-state index contributed by atoms with van der Waals surface area (Å²) in [6, 6.07) is 11.9. The first-order valence-corrected chi connectivity index (χ1v) is 15.1. The van der Waals surface area contributed by atoms with Gasteiger partial charge in [-0.3, -0.25) is 13.9 Å². The Labute approximate surface area is 228 Å². The summed E-state index contributed by atoms with van der Waals surface area (Å²) in [7, 11) is -2.39. The zero-order chi connectivity index (χ0) is 27.2. The number of carbonyl (C=O) groups is 2. The maximum Gasteiger partial charge on any atom is 0.244 e. The van der Waals surface area contributed by atoms with E-state index in [2.05, 4.69) is 21.2 Å². The summed E-state index contributed by atoms with van der Waals surface area (Å²) in [5, 5.41) is 3.10. The second-order valence-electron chi connectivity index (χ2n) is 9.61. The summed E-state index contributed by atoms with van der Waals surface area (Å²) < 4.78 is 33.0. The molecule has 8 nitrogen and oxygen atoms in total. The molecule has 1 aliphatic rings. The minimum Gasteiger partial charge on any atom is -0.495 e. The van der Waals surface area contributed by atoms with Crippen LogP contribution in [0.3, 0.4) is 0 Å². The molecule has 2 aromatic carbocycles. The van der Waals surface area contributed by atoms with Crippen LogP contribution in [-0.2, 0) is 26.2 Å². The summed E-state index contributed by atoms with van der Waals surface area (Å²) in [6.07, 6.45) is 6.22. The van der Waals surface area contributed by atoms with Crippen LogP contribution in [0.1, 0.15) is 50.2 Å². The fraction of sp³-hybridized carbons (Fsp3) is 0.481. The first-order valence-electron chi connectivity index (χ1n) is 12.5. The SMILES string of the molecule is COc1ccc(C)cc1N(CC(=O)N(Cc1ccc(Br)cc1)C(C)C(=O)NC1CCCCC1)S(C)(=O)=O. The monoisotopic (exact) mass is 593 g/mol. The summed E-state index contributed by atoms with van der Waals surface area (Å²) in [5.41, 5.74) is 1.93. The minimum absolute atomic E-state index is 0.0948. The van der Waals surface area contributed by atoms with E-state index in [1.165, 1.54) is 18.4 Å². The molecule has 2 aromatic rings. The Morgan fingerprint density at radius 1 is 1.11 bits per heavy atom. The van der Waals surface area contributed by atoms with Gasteiger partial charge in [0, 0.05) is 17.1 Å². The Hall–Kier alpha value is -2.59. The van der Waals surface area contributed by atoms with Crippen LogP contribution >= 0.6 is 15.9 Å². The first kappa shape index (κ1) is 29.0. The largest absolute Gasteiger partial charge is 0.495 e. The van der Waals surface area contributed by atoms with Crippen LogP contribution in [0, 0.1) is 6.92 Å². The minimum atomic E-state index is -3.84. The van der Waals surface area contributed by atoms with Gasteiger partial charge in [0.05, 0.1) is 19.1 Å². The van der Waals surface area contributed by atoms with Gasteiger partial charge in [0.1, 0.15) is 18.3 Å². The Kier molecular flexibility index (Phi) is 10.0. The highest BCUT2D eigenvalue weighted by Gasteiger charge is 2.32. The summed E-state index contributed by atoms with van der Waals surface area (Å²) >= 11 is 3.42. The van der Waals surface area contributed by atoms with Crippen molar-refractivity contribution in [2.75, 3.05) is 24.2 Å². The molecule has 1 fully saturated rings. The fourth-order valence-electron chi connectivity index (χ4n) is 4.53. The van der Waals surface area contributed by atoms with Crippen molar-refractivity contribution in [1.82, 2.24) is 10.2 Å². The van der Waals surface area contributed by atoms with Gasteiger partial charge >= 0.3 is 0 Å². The molecule has 0 saturated heterocycles. The number of hydrogen-bond acceptors (Lipinski definition) is 5. The lowest BCUT2D eigenvalue weighted by Crippen LogP contribution is -2.53. The number of ether oxygens (including phenoxy) is 1. The molecule has 0 bridgehead atoms. The van der Waals surface area contributed by atoms with Crippen LogP contribution in [0.4, 0.5) is 5.69 Å². The van der Waals surface area contributed by atoms with E-state index in [-0.39, 0.29) is 24.2 Å². The van der Waals surface area contributed by atoms with Gasteiger partial charge in [-0.15, -0.1) is 0 Å². The Bertz CT molecular complexity index is 1200. The molecule has 202 valence electrons. The maximum atomic E-state index is 13.8. The number of carbonyl (C=O) groups excluding carboxylic acids is 2. The molecule has 10 heteroatoms. The van der Waals surface area contributed by atoms with Gasteiger partial charge in [0.25, 0.3) is 0 Å². The molecule has 1 aliphatic carbocycles. The average molecular weight is 595 g/mol. The maximum absolute atomic E-state index is 13.8. The number of nitrogens with zero attached hydrogens (tertiary/aromatic N) is 2. The lowest BCUT2D eigenvalue weighted by Gasteiger charge is -2.33. The number of halogens is 1. The predicted molar refractivity (Wildman–Crippen MR) is 149 cm³/mol. The molecule has 37 heavy (non-hydrogen) atoms. The van der Waals surface area contributed by atoms with Crippen LogP contribution < -0.4 is 14.4 Å². The van der Waals surface area contributed by atoms with Gasteiger partial charge in [0.15, 0.2) is 0 Å². The van der Waals surface area contributed by atoms with Crippen molar-refractivity contribution in [3.8, 4) is 5.75 Å². The van der Waals surface area contributed by atoms with Crippen LogP contribution in [0.15, 0.2) is 46.9 Å². The number of benzene rings is 2. The third-order valence-corrected chi connectivity index (χ3v) is 8.32. The Balaban J connectivity index is 1.91. The van der Waals surface area contributed by atoms with Gasteiger partial charge in [-0.2, -0.15) is 0 Å². The van der Waals surface area contributed by atoms with Gasteiger partial charge in [-0.25, -0.2) is 8.42 Å². The lowest BCUT2D eigenvalue weighted by molar-refractivity contribution is -0.139. The van der Waals surface area contributed by atoms with E-state index < -0.39 is 28.5 Å². The molecule has 1 unspecified atom stereocenters. The molecule has 2 amide bonds. The van der Waals surface area contributed by atoms with Crippen molar-refractivity contribution < 1.29 is 22.7 Å². The first-order chi connectivity index (χ1) is 17.5. The van der Waals surface area contributed by atoms with E-state index in [0.717, 1.165) is 51.8 Å². The van der Waals surface area contributed by atoms with E-state index in [1.807, 2.05) is 37.3 Å². The van der Waals surface area contributed by atoms with Crippen molar-refractivity contribution in [3.05, 3.63) is 58.1 Å². The molecular weight excluding hydrogens is 558 g/mol. The third-order valence-electron chi connectivity index (χ3n) is 6.67. The Morgan fingerprint density at radius 2 is 1.76 bits per heavy atom. The van der Waals surface area contributed by atoms with E-state index in [1.54, 1.807) is 19.1 Å². The van der Waals surface area contributed by atoms with E-state index in [9.17, 15) is 18.0 Å². The van der Waals surface area contributed by atoms with E-state index >= 15 is 0 Å². The topological polar surface area (TPSA) is 96.0 Å². The van der Waals surface area contributed by atoms with Crippen LogP contribution in [0.5, 0.6) is 5.75 Å². The summed E-state index contributed by atoms with van der Waals surface area (Å²) in [6.45, 7) is 3.22. The molecule has 0 aromatic heterocycles. The van der Waals surface area contributed by atoms with Crippen molar-refractivity contribution in [2.24, 2.45) is 0 Å². The third kappa shape index (κ3) is 7.95. The molecule has 0 aliphatic heterocycles. The van der Waals surface area contributed by atoms with E-state index in [4.69, 9.17) is 4.74 Å². The fourth-order valence-corrected chi connectivity index (χ4v) is 5.64. The Morgan fingerprint density at radius 3 is 2.35 bits per heavy atom. The normalized spacial score (nSPS) is 15.1. The van der Waals surface area contributed by atoms with Gasteiger partial charge in [-0.05, 0) is 62.1 Å². The lowest BCUT2D eigenvalue weighted by atomic mass is 9.95. The number of aryl methyl sites for hydroxylation is 1. The van der Waals surface area contributed by atoms with Gasteiger partial charge in [-0.1, -0.05) is 53.4 Å². The highest BCUT2D eigenvalue weighted by Crippen LogP contribution is 2.31. The van der Waals surface area contributed by atoms with Crippen molar-refractivity contribution in [1.29, 1.82) is 0 Å². The predicted octanol–water partition coefficient (Wildman–Crippen LogP) is 4.40. The number of amides is 2. The molecule has 1 saturated carbocycles. The van der Waals surface area contributed by atoms with Gasteiger partial charge in [0.2, 0.25) is 21.8 Å². The second-order valence-corrected chi connectivity index (χ2v) is 12.4. The highest BCUT2D eigenvalue weighted by atomic mass is 79.9. The molecule has 0 heterocycles. The number of methoxy groups -OCH3 is 1. The van der Waals surface area contributed by atoms with Crippen LogP contribution in [0.25, 0.3) is 0 Å². The molecular formula is C27H36BrN3O5S. The molecule has 1 N–H and O–H groups in total. The quantitative estimate of drug-likeness (QED) is 0.440. The van der Waals surface area contributed by atoms with Gasteiger partial charge < -0.3 is 15.0 Å². The second kappa shape index (κ2) is 12.8. The van der Waals surface area contributed by atoms with Crippen LogP contribution in [-0.4, -0.2) is 57.1 Å².